The zero-order valence-corrected chi connectivity index (χ0v) is 13.5. The highest BCUT2D eigenvalue weighted by Gasteiger charge is 2.11. The van der Waals surface area contributed by atoms with Crippen molar-refractivity contribution in [1.82, 2.24) is 19.8 Å². The van der Waals surface area contributed by atoms with Gasteiger partial charge in [-0.2, -0.15) is 9.61 Å². The molecule has 9 heteroatoms. The molecular weight excluding hydrogens is 318 g/mol. The number of methoxy groups -OCH3 is 2. The lowest BCUT2D eigenvalue weighted by molar-refractivity contribution is -0.116. The largest absolute Gasteiger partial charge is 0.497 e. The van der Waals surface area contributed by atoms with E-state index in [2.05, 4.69) is 20.6 Å². The Hall–Kier alpha value is -2.68. The topological polar surface area (TPSA) is 90.6 Å². The Morgan fingerprint density at radius 3 is 2.96 bits per heavy atom. The number of rotatable bonds is 6. The van der Waals surface area contributed by atoms with Crippen LogP contribution in [0.5, 0.6) is 11.5 Å². The minimum atomic E-state index is -0.112. The van der Waals surface area contributed by atoms with Crippen LogP contribution in [0.3, 0.4) is 0 Å². The van der Waals surface area contributed by atoms with Crippen molar-refractivity contribution in [1.29, 1.82) is 0 Å². The van der Waals surface area contributed by atoms with Crippen LogP contribution >= 0.6 is 11.3 Å². The molecule has 1 N–H and O–H groups in total. The second kappa shape index (κ2) is 6.61. The number of aromatic nitrogens is 4. The minimum absolute atomic E-state index is 0.112. The molecule has 120 valence electrons. The molecule has 1 amide bonds. The highest BCUT2D eigenvalue weighted by molar-refractivity contribution is 7.16. The number of benzene rings is 1. The Morgan fingerprint density at radius 1 is 1.35 bits per heavy atom. The maximum absolute atomic E-state index is 12.1. The molecular formula is C14H15N5O3S. The Kier molecular flexibility index (Phi) is 4.38. The summed E-state index contributed by atoms with van der Waals surface area (Å²) >= 11 is 1.42. The molecule has 0 radical (unpaired) electrons. The third kappa shape index (κ3) is 3.39. The number of fused-ring (bicyclic) bond motifs is 1. The molecule has 2 heterocycles. The van der Waals surface area contributed by atoms with E-state index in [9.17, 15) is 4.79 Å². The monoisotopic (exact) mass is 333 g/mol. The van der Waals surface area contributed by atoms with Crippen molar-refractivity contribution in [3.05, 3.63) is 29.5 Å². The number of hydrogen-bond donors (Lipinski definition) is 1. The van der Waals surface area contributed by atoms with Crippen molar-refractivity contribution in [2.75, 3.05) is 19.5 Å². The predicted molar refractivity (Wildman–Crippen MR) is 85.2 cm³/mol. The number of aryl methyl sites for hydroxylation is 1. The van der Waals surface area contributed by atoms with Crippen LogP contribution in [0, 0.1) is 0 Å². The highest BCUT2D eigenvalue weighted by atomic mass is 32.1. The average molecular weight is 333 g/mol. The Balaban J connectivity index is 1.61. The summed E-state index contributed by atoms with van der Waals surface area (Å²) in [5.74, 6) is 1.11. The van der Waals surface area contributed by atoms with Crippen LogP contribution in [0.1, 0.15) is 11.4 Å². The fourth-order valence-electron chi connectivity index (χ4n) is 2.04. The van der Waals surface area contributed by atoms with Gasteiger partial charge in [-0.05, 0) is 12.1 Å². The summed E-state index contributed by atoms with van der Waals surface area (Å²) < 4.78 is 12.0. The van der Waals surface area contributed by atoms with Crippen LogP contribution in [-0.2, 0) is 11.2 Å². The fraction of sp³-hybridized carbons (Fsp3) is 0.286. The smallest absolute Gasteiger partial charge is 0.234 e. The van der Waals surface area contributed by atoms with Crippen molar-refractivity contribution in [2.24, 2.45) is 0 Å². The van der Waals surface area contributed by atoms with Crippen LogP contribution in [0.4, 0.5) is 5.69 Å². The van der Waals surface area contributed by atoms with E-state index in [1.807, 2.05) is 0 Å². The lowest BCUT2D eigenvalue weighted by Crippen LogP contribution is -2.13. The average Bonchev–Trinajstić information content (AvgIpc) is 3.14. The van der Waals surface area contributed by atoms with E-state index in [1.165, 1.54) is 17.7 Å². The van der Waals surface area contributed by atoms with Gasteiger partial charge in [-0.15, -0.1) is 10.2 Å². The second-order valence-electron chi connectivity index (χ2n) is 4.67. The number of hydrogen-bond acceptors (Lipinski definition) is 7. The first-order valence-electron chi connectivity index (χ1n) is 6.87. The maximum Gasteiger partial charge on any atom is 0.234 e. The van der Waals surface area contributed by atoms with Gasteiger partial charge in [0.05, 0.1) is 19.9 Å². The minimum Gasteiger partial charge on any atom is -0.497 e. The van der Waals surface area contributed by atoms with Gasteiger partial charge in [0.25, 0.3) is 0 Å². The molecule has 8 nitrogen and oxygen atoms in total. The third-order valence-corrected chi connectivity index (χ3v) is 4.15. The molecule has 0 saturated carbocycles. The number of nitrogens with zero attached hydrogens (tertiary/aromatic N) is 4. The second-order valence-corrected chi connectivity index (χ2v) is 5.71. The van der Waals surface area contributed by atoms with Crippen molar-refractivity contribution < 1.29 is 14.3 Å². The molecule has 0 aliphatic heterocycles. The Labute approximate surface area is 136 Å². The third-order valence-electron chi connectivity index (χ3n) is 3.18. The first-order chi connectivity index (χ1) is 11.2. The number of anilines is 1. The summed E-state index contributed by atoms with van der Waals surface area (Å²) in [4.78, 5) is 12.8. The van der Waals surface area contributed by atoms with Gasteiger partial charge in [-0.25, -0.2) is 0 Å². The van der Waals surface area contributed by atoms with Crippen molar-refractivity contribution in [2.45, 2.75) is 12.8 Å². The van der Waals surface area contributed by atoms with Gasteiger partial charge in [0.15, 0.2) is 0 Å². The van der Waals surface area contributed by atoms with E-state index < -0.39 is 0 Å². The molecule has 0 aliphatic rings. The summed E-state index contributed by atoms with van der Waals surface area (Å²) in [7, 11) is 3.12. The maximum atomic E-state index is 12.1. The summed E-state index contributed by atoms with van der Waals surface area (Å²) in [5.41, 5.74) is 0.608. The van der Waals surface area contributed by atoms with Crippen LogP contribution < -0.4 is 14.8 Å². The molecule has 0 atom stereocenters. The van der Waals surface area contributed by atoms with Crippen LogP contribution in [0.25, 0.3) is 4.96 Å². The summed E-state index contributed by atoms with van der Waals surface area (Å²) in [5, 5.41) is 15.6. The number of nitrogens with one attached hydrogen (secondary N) is 1. The SMILES string of the molecule is COc1ccc(NC(=O)CCc2nn3cnnc3s2)c(OC)c1. The summed E-state index contributed by atoms with van der Waals surface area (Å²) in [6, 6.07) is 5.23. The van der Waals surface area contributed by atoms with Crippen LogP contribution in [-0.4, -0.2) is 39.9 Å². The van der Waals surface area contributed by atoms with E-state index in [-0.39, 0.29) is 5.91 Å². The number of carbonyl (C=O) groups is 1. The van der Waals surface area contributed by atoms with Gasteiger partial charge in [0.2, 0.25) is 10.9 Å². The molecule has 3 rings (SSSR count). The highest BCUT2D eigenvalue weighted by Crippen LogP contribution is 2.29. The summed E-state index contributed by atoms with van der Waals surface area (Å²) in [6.07, 6.45) is 2.40. The molecule has 0 aliphatic carbocycles. The van der Waals surface area contributed by atoms with Gasteiger partial charge in [0.1, 0.15) is 22.8 Å². The van der Waals surface area contributed by atoms with Crippen molar-refractivity contribution in [3.8, 4) is 11.5 Å². The number of ether oxygens (including phenoxy) is 2. The number of amides is 1. The van der Waals surface area contributed by atoms with E-state index in [0.717, 1.165) is 9.97 Å². The quantitative estimate of drug-likeness (QED) is 0.739. The first kappa shape index (κ1) is 15.2. The van der Waals surface area contributed by atoms with Gasteiger partial charge in [-0.1, -0.05) is 11.3 Å². The molecule has 0 bridgehead atoms. The van der Waals surface area contributed by atoms with Crippen LogP contribution in [0.15, 0.2) is 24.5 Å². The normalized spacial score (nSPS) is 10.7. The number of carbonyl (C=O) groups excluding carboxylic acids is 1. The molecule has 23 heavy (non-hydrogen) atoms. The van der Waals surface area contributed by atoms with Crippen molar-refractivity contribution >= 4 is 27.9 Å². The van der Waals surface area contributed by atoms with E-state index in [4.69, 9.17) is 9.47 Å². The lowest BCUT2D eigenvalue weighted by Gasteiger charge is -2.11. The zero-order chi connectivity index (χ0) is 16.2. The molecule has 2 aromatic heterocycles. The Morgan fingerprint density at radius 2 is 2.22 bits per heavy atom. The van der Waals surface area contributed by atoms with Gasteiger partial charge >= 0.3 is 0 Å². The lowest BCUT2D eigenvalue weighted by atomic mass is 10.2. The van der Waals surface area contributed by atoms with Gasteiger partial charge < -0.3 is 14.8 Å². The van der Waals surface area contributed by atoms with E-state index in [1.54, 1.807) is 36.9 Å². The fourth-order valence-corrected chi connectivity index (χ4v) is 2.85. The summed E-state index contributed by atoms with van der Waals surface area (Å²) in [6.45, 7) is 0. The van der Waals surface area contributed by atoms with E-state index >= 15 is 0 Å². The van der Waals surface area contributed by atoms with Gasteiger partial charge in [0, 0.05) is 18.9 Å². The first-order valence-corrected chi connectivity index (χ1v) is 7.69. The molecule has 0 saturated heterocycles. The van der Waals surface area contributed by atoms with E-state index in [0.29, 0.717) is 30.0 Å². The van der Waals surface area contributed by atoms with Crippen LogP contribution in [0.2, 0.25) is 0 Å². The zero-order valence-electron chi connectivity index (χ0n) is 12.6. The molecule has 0 fully saturated rings. The van der Waals surface area contributed by atoms with Crippen molar-refractivity contribution in [3.63, 3.8) is 0 Å². The molecule has 0 unspecified atom stereocenters. The molecule has 3 aromatic rings. The molecule has 0 spiro atoms. The predicted octanol–water partition coefficient (Wildman–Crippen LogP) is 1.77. The standard InChI is InChI=1S/C14H15N5O3S/c1-21-9-3-4-10(11(7-9)22-2)16-12(20)5-6-13-18-19-8-15-17-14(19)23-13/h3-4,7-8H,5-6H2,1-2H3,(H,16,20). The van der Waals surface area contributed by atoms with Gasteiger partial charge in [-0.3, -0.25) is 4.79 Å². The Bertz CT molecular complexity index is 800. The molecule has 1 aromatic carbocycles.